The second kappa shape index (κ2) is 13.5. The van der Waals surface area contributed by atoms with E-state index in [1.807, 2.05) is 6.07 Å². The first kappa shape index (κ1) is 30.8. The topological polar surface area (TPSA) is 0 Å². The van der Waals surface area contributed by atoms with Gasteiger partial charge < -0.3 is 0 Å². The third kappa shape index (κ3) is 6.95. The molecule has 45 heavy (non-hydrogen) atoms. The number of allylic oxidation sites excluding steroid dienone is 4. The van der Waals surface area contributed by atoms with Crippen LogP contribution >= 0.6 is 0 Å². The van der Waals surface area contributed by atoms with Gasteiger partial charge in [-0.25, -0.2) is 5.57 Å². The van der Waals surface area contributed by atoms with Crippen molar-refractivity contribution in [3.8, 4) is 11.1 Å². The van der Waals surface area contributed by atoms with E-state index in [0.717, 1.165) is 24.2 Å². The summed E-state index contributed by atoms with van der Waals surface area (Å²) in [5.74, 6) is 3.82. The van der Waals surface area contributed by atoms with E-state index in [2.05, 4.69) is 129 Å². The number of hydrogen-bond donors (Lipinski definition) is 0. The van der Waals surface area contributed by atoms with Gasteiger partial charge >= 0.3 is 99.2 Å². The smallest absolute Gasteiger partial charge is 0.0253 e. The fraction of sp³-hybridized carbons (Fsp3) is 0.341. The summed E-state index contributed by atoms with van der Waals surface area (Å²) in [6.07, 6.45) is 17.8. The molecular weight excluding hydrogens is 620 g/mol. The van der Waals surface area contributed by atoms with Crippen molar-refractivity contribution in [2.75, 3.05) is 0 Å². The molecule has 10 rings (SSSR count). The number of hydrogen-bond acceptors (Lipinski definition) is 0. The van der Waals surface area contributed by atoms with Gasteiger partial charge in [0.15, 0.2) is 0 Å². The Hall–Kier alpha value is -2.89. The van der Waals surface area contributed by atoms with E-state index in [4.69, 9.17) is 0 Å². The molecule has 4 aromatic rings. The van der Waals surface area contributed by atoms with Gasteiger partial charge in [0.05, 0.1) is 0 Å². The Bertz CT molecular complexity index is 1590. The van der Waals surface area contributed by atoms with E-state index < -0.39 is 0 Å². The van der Waals surface area contributed by atoms with Gasteiger partial charge in [-0.2, -0.15) is 41.5 Å². The zero-order valence-corrected chi connectivity index (χ0v) is 29.3. The van der Waals surface area contributed by atoms with Crippen LogP contribution in [0.5, 0.6) is 0 Å². The normalized spacial score (nSPS) is 26.4. The summed E-state index contributed by atoms with van der Waals surface area (Å²) in [4.78, 5) is 0. The summed E-state index contributed by atoms with van der Waals surface area (Å²) in [5.41, 5.74) is 12.0. The Morgan fingerprint density at radius 3 is 1.87 bits per heavy atom. The Balaban J connectivity index is 0.000000110. The molecule has 1 heteroatoms. The Labute approximate surface area is 286 Å². The second-order valence-electron chi connectivity index (χ2n) is 14.3. The van der Waals surface area contributed by atoms with Gasteiger partial charge in [-0.15, -0.1) is 5.56 Å². The van der Waals surface area contributed by atoms with Crippen LogP contribution in [0.3, 0.4) is 0 Å². The third-order valence-electron chi connectivity index (χ3n) is 10.8. The molecule has 224 valence electrons. The minimum Gasteiger partial charge on any atom is -0.179 e. The summed E-state index contributed by atoms with van der Waals surface area (Å²) in [6, 6.07) is 39.2. The summed E-state index contributed by atoms with van der Waals surface area (Å²) >= 11 is 1.46. The molecule has 6 aliphatic carbocycles. The van der Waals surface area contributed by atoms with E-state index in [1.165, 1.54) is 72.8 Å². The molecular formula is C44H44Zr. The molecule has 4 saturated carbocycles. The van der Waals surface area contributed by atoms with Crippen LogP contribution in [-0.4, -0.2) is 3.21 Å². The molecule has 1 atom stereocenters. The van der Waals surface area contributed by atoms with Crippen molar-refractivity contribution in [2.24, 2.45) is 29.1 Å². The number of rotatable bonds is 4. The Kier molecular flexibility index (Phi) is 9.20. The van der Waals surface area contributed by atoms with Gasteiger partial charge in [-0.3, -0.25) is 6.08 Å². The van der Waals surface area contributed by atoms with Gasteiger partial charge in [0.2, 0.25) is 0 Å². The second-order valence-corrected chi connectivity index (χ2v) is 15.6. The molecule has 0 spiro atoms. The largest absolute Gasteiger partial charge is 0.179 e. The standard InChI is InChI=1S/C18H25.C13H9.C13H10.Zr/c1-12-3-13(2)17(4-12)11-18-8-14-5-15(9-18)7-16(6-14)10-18;1-3-7-12-10(5-1)9-11-6-2-4-8-13(11)12;1-3-7-12(8-4-1)11-13-9-5-2-6-10-13;/h4,12,14-16H,5-11H2,1-2H3;1-5,7-8H,9H2;1-10H;/q2*-1;;+2. The van der Waals surface area contributed by atoms with Gasteiger partial charge in [0, 0.05) is 0 Å². The molecule has 0 saturated heterocycles. The predicted molar refractivity (Wildman–Crippen MR) is 185 cm³/mol. The molecule has 0 N–H and O–H groups in total. The molecule has 4 bridgehead atoms. The van der Waals surface area contributed by atoms with Gasteiger partial charge in [0.25, 0.3) is 0 Å². The van der Waals surface area contributed by atoms with E-state index in [-0.39, 0.29) is 0 Å². The van der Waals surface area contributed by atoms with Crippen LogP contribution < -0.4 is 0 Å². The number of fused-ring (bicyclic) bond motifs is 3. The van der Waals surface area contributed by atoms with Crippen LogP contribution in [0.4, 0.5) is 0 Å². The fourth-order valence-electron chi connectivity index (χ4n) is 9.38. The first-order valence-corrected chi connectivity index (χ1v) is 18.3. The summed E-state index contributed by atoms with van der Waals surface area (Å²) in [7, 11) is 0. The minimum atomic E-state index is 0.564. The zero-order chi connectivity index (χ0) is 30.8. The van der Waals surface area contributed by atoms with Crippen LogP contribution in [-0.2, 0) is 30.7 Å². The molecule has 0 aliphatic heterocycles. The summed E-state index contributed by atoms with van der Waals surface area (Å²) in [5, 5.41) is 0. The minimum absolute atomic E-state index is 0.564. The van der Waals surface area contributed by atoms with E-state index in [0.29, 0.717) is 11.3 Å². The maximum Gasteiger partial charge on any atom is -0.0253 e. The van der Waals surface area contributed by atoms with Crippen LogP contribution in [0.1, 0.15) is 81.0 Å². The fourth-order valence-corrected chi connectivity index (χ4v) is 10.2. The molecule has 0 heterocycles. The van der Waals surface area contributed by atoms with Crippen LogP contribution in [0.15, 0.2) is 120 Å². The average Bonchev–Trinajstić information content (AvgIpc) is 3.59. The van der Waals surface area contributed by atoms with E-state index in [9.17, 15) is 0 Å². The third-order valence-corrected chi connectivity index (χ3v) is 12.3. The molecule has 6 aliphatic rings. The predicted octanol–water partition coefficient (Wildman–Crippen LogP) is 10.8. The van der Waals surface area contributed by atoms with Gasteiger partial charge in [-0.1, -0.05) is 61.6 Å². The van der Waals surface area contributed by atoms with Crippen molar-refractivity contribution in [1.29, 1.82) is 0 Å². The van der Waals surface area contributed by atoms with Crippen molar-refractivity contribution in [3.63, 3.8) is 0 Å². The first-order chi connectivity index (χ1) is 21.9. The molecule has 0 amide bonds. The summed E-state index contributed by atoms with van der Waals surface area (Å²) in [6.45, 7) is 4.55. The van der Waals surface area contributed by atoms with E-state index in [1.54, 1.807) is 44.1 Å². The summed E-state index contributed by atoms with van der Waals surface area (Å²) < 4.78 is 1.42. The van der Waals surface area contributed by atoms with Crippen LogP contribution in [0.2, 0.25) is 0 Å². The Morgan fingerprint density at radius 1 is 0.733 bits per heavy atom. The van der Waals surface area contributed by atoms with Gasteiger partial charge in [-0.05, 0) is 68.1 Å². The molecule has 0 radical (unpaired) electrons. The zero-order valence-electron chi connectivity index (χ0n) is 26.9. The van der Waals surface area contributed by atoms with Gasteiger partial charge in [0.1, 0.15) is 0 Å². The maximum absolute atomic E-state index is 3.57. The molecule has 1 unspecified atom stereocenters. The molecule has 0 nitrogen and oxygen atoms in total. The van der Waals surface area contributed by atoms with Crippen molar-refractivity contribution in [2.45, 2.75) is 65.2 Å². The average molecular weight is 664 g/mol. The quantitative estimate of drug-likeness (QED) is 0.168. The number of benzene rings is 4. The SMILES string of the molecule is CC1=[C-]C(C)C=C1CC12CC3CC(CC(C3)C1)C2.[Zr+2]=[C](c1ccccc1)c1ccccc1.[c-]1cccc2c1Cc1ccccc1-2. The first-order valence-electron chi connectivity index (χ1n) is 17.0. The molecule has 0 aromatic heterocycles. The van der Waals surface area contributed by atoms with E-state index >= 15 is 0 Å². The van der Waals surface area contributed by atoms with Crippen molar-refractivity contribution in [1.82, 2.24) is 0 Å². The maximum atomic E-state index is 3.57. The van der Waals surface area contributed by atoms with Crippen molar-refractivity contribution < 1.29 is 24.2 Å². The molecule has 4 fully saturated rings. The van der Waals surface area contributed by atoms with Crippen LogP contribution in [0, 0.1) is 41.2 Å². The molecule has 4 aromatic carbocycles. The van der Waals surface area contributed by atoms with Crippen molar-refractivity contribution in [3.05, 3.63) is 155 Å². The monoisotopic (exact) mass is 662 g/mol. The Morgan fingerprint density at radius 2 is 1.29 bits per heavy atom. The van der Waals surface area contributed by atoms with Crippen LogP contribution in [0.25, 0.3) is 11.1 Å². The van der Waals surface area contributed by atoms with Crippen molar-refractivity contribution >= 4 is 3.21 Å².